The van der Waals surface area contributed by atoms with E-state index in [-0.39, 0.29) is 41.5 Å². The summed E-state index contributed by atoms with van der Waals surface area (Å²) in [5.74, 6) is -0.277. The van der Waals surface area contributed by atoms with Crippen LogP contribution in [0.2, 0.25) is 0 Å². The van der Waals surface area contributed by atoms with Crippen molar-refractivity contribution >= 4 is 12.0 Å². The average molecular weight is 446 g/mol. The lowest BCUT2D eigenvalue weighted by Gasteiger charge is -2.07. The van der Waals surface area contributed by atoms with Crippen LogP contribution in [0.1, 0.15) is 24.0 Å². The van der Waals surface area contributed by atoms with Crippen molar-refractivity contribution in [3.05, 3.63) is 65.2 Å². The van der Waals surface area contributed by atoms with Crippen molar-refractivity contribution in [2.24, 2.45) is 21.5 Å². The number of nitrogens with two attached hydrogens (primary N) is 2. The first-order valence-electron chi connectivity index (χ1n) is 10.4. The van der Waals surface area contributed by atoms with Crippen LogP contribution in [-0.2, 0) is 22.3 Å². The average Bonchev–Trinajstić information content (AvgIpc) is 3.41. The SMILES string of the molecule is COc1cc(CC[C@H]2COC(N)=N2)ccc1F.NC1=N[C@@H](CCc2ccc(F)cc2)CO1. The van der Waals surface area contributed by atoms with Gasteiger partial charge >= 0.3 is 0 Å². The quantitative estimate of drug-likeness (QED) is 0.681. The molecular weight excluding hydrogens is 418 g/mol. The lowest BCUT2D eigenvalue weighted by molar-refractivity contribution is 0.307. The highest BCUT2D eigenvalue weighted by atomic mass is 19.1. The van der Waals surface area contributed by atoms with Gasteiger partial charge in [0.15, 0.2) is 11.6 Å². The Bertz CT molecular complexity index is 951. The van der Waals surface area contributed by atoms with Crippen LogP contribution < -0.4 is 16.2 Å². The lowest BCUT2D eigenvalue weighted by atomic mass is 10.1. The molecule has 7 nitrogen and oxygen atoms in total. The zero-order chi connectivity index (χ0) is 22.9. The van der Waals surface area contributed by atoms with E-state index in [1.165, 1.54) is 25.3 Å². The molecule has 2 aliphatic heterocycles. The minimum atomic E-state index is -0.345. The number of aryl methyl sites for hydroxylation is 2. The van der Waals surface area contributed by atoms with Crippen LogP contribution in [0.15, 0.2) is 52.4 Å². The predicted molar refractivity (Wildman–Crippen MR) is 119 cm³/mol. The molecule has 172 valence electrons. The van der Waals surface area contributed by atoms with E-state index in [0.29, 0.717) is 13.2 Å². The molecule has 0 fully saturated rings. The molecule has 2 aliphatic rings. The molecule has 2 heterocycles. The largest absolute Gasteiger partial charge is 0.494 e. The fraction of sp³-hybridized carbons (Fsp3) is 0.391. The minimum absolute atomic E-state index is 0.103. The molecule has 0 bridgehead atoms. The molecule has 0 spiro atoms. The summed E-state index contributed by atoms with van der Waals surface area (Å²) in [6.07, 6.45) is 3.37. The van der Waals surface area contributed by atoms with E-state index in [4.69, 9.17) is 25.7 Å². The summed E-state index contributed by atoms with van der Waals surface area (Å²) in [5, 5.41) is 0. The van der Waals surface area contributed by atoms with Gasteiger partial charge in [0.25, 0.3) is 12.0 Å². The van der Waals surface area contributed by atoms with Crippen molar-refractivity contribution in [1.82, 2.24) is 0 Å². The third-order valence-corrected chi connectivity index (χ3v) is 5.13. The second-order valence-corrected chi connectivity index (χ2v) is 7.54. The number of hydrogen-bond donors (Lipinski definition) is 2. The third-order valence-electron chi connectivity index (χ3n) is 5.13. The van der Waals surface area contributed by atoms with Crippen LogP contribution in [0.25, 0.3) is 0 Å². The van der Waals surface area contributed by atoms with Crippen molar-refractivity contribution in [2.45, 2.75) is 37.8 Å². The molecule has 0 radical (unpaired) electrons. The number of methoxy groups -OCH3 is 1. The van der Waals surface area contributed by atoms with Gasteiger partial charge in [0.05, 0.1) is 19.2 Å². The maximum Gasteiger partial charge on any atom is 0.282 e. The maximum absolute atomic E-state index is 13.2. The van der Waals surface area contributed by atoms with Gasteiger partial charge in [-0.2, -0.15) is 0 Å². The van der Waals surface area contributed by atoms with E-state index in [1.807, 2.05) is 0 Å². The number of hydrogen-bond acceptors (Lipinski definition) is 7. The van der Waals surface area contributed by atoms with Crippen LogP contribution in [0.3, 0.4) is 0 Å². The molecule has 2 atom stereocenters. The first kappa shape index (κ1) is 23.3. The van der Waals surface area contributed by atoms with Crippen molar-refractivity contribution in [3.8, 4) is 5.75 Å². The fourth-order valence-electron chi connectivity index (χ4n) is 3.35. The summed E-state index contributed by atoms with van der Waals surface area (Å²) in [6, 6.07) is 12.2. The van der Waals surface area contributed by atoms with Crippen molar-refractivity contribution < 1.29 is 23.0 Å². The molecule has 32 heavy (non-hydrogen) atoms. The zero-order valence-electron chi connectivity index (χ0n) is 18.0. The molecule has 0 aromatic heterocycles. The lowest BCUT2D eigenvalue weighted by Crippen LogP contribution is -2.10. The highest BCUT2D eigenvalue weighted by Gasteiger charge is 2.17. The van der Waals surface area contributed by atoms with Gasteiger partial charge < -0.3 is 25.7 Å². The number of nitrogens with zero attached hydrogens (tertiary/aromatic N) is 2. The Balaban J connectivity index is 0.000000182. The number of aliphatic imine (C=N–C) groups is 2. The standard InChI is InChI=1S/C12H15FN2O2.C11H13FN2O/c1-16-11-6-8(3-5-10(11)13)2-4-9-7-17-12(14)15-9;12-9-4-1-8(2-5-9)3-6-10-7-15-11(13)14-10/h3,5-6,9H,2,4,7H2,1H3,(H2,14,15);1-2,4-5,10H,3,6-7H2,(H2,13,14)/t9-;10-/m00/s1. The van der Waals surface area contributed by atoms with Gasteiger partial charge in [-0.15, -0.1) is 0 Å². The molecule has 0 unspecified atom stereocenters. The predicted octanol–water partition coefficient (Wildman–Crippen LogP) is 2.95. The van der Waals surface area contributed by atoms with Gasteiger partial charge in [-0.05, 0) is 61.1 Å². The van der Waals surface area contributed by atoms with Crippen LogP contribution in [0.5, 0.6) is 5.75 Å². The van der Waals surface area contributed by atoms with Crippen LogP contribution in [0.4, 0.5) is 8.78 Å². The Morgan fingerprint density at radius 3 is 1.91 bits per heavy atom. The summed E-state index contributed by atoms with van der Waals surface area (Å²) in [7, 11) is 1.46. The van der Waals surface area contributed by atoms with Crippen molar-refractivity contribution in [2.75, 3.05) is 20.3 Å². The number of amidine groups is 2. The summed E-state index contributed by atoms with van der Waals surface area (Å²) < 4.78 is 40.8. The second-order valence-electron chi connectivity index (χ2n) is 7.54. The van der Waals surface area contributed by atoms with Gasteiger partial charge in [0.2, 0.25) is 0 Å². The molecular formula is C23H28F2N4O3. The molecule has 0 amide bonds. The molecule has 4 rings (SSSR count). The topological polar surface area (TPSA) is 104 Å². The van der Waals surface area contributed by atoms with E-state index in [1.54, 1.807) is 24.3 Å². The first-order chi connectivity index (χ1) is 15.4. The fourth-order valence-corrected chi connectivity index (χ4v) is 3.35. The Morgan fingerprint density at radius 1 is 0.875 bits per heavy atom. The highest BCUT2D eigenvalue weighted by molar-refractivity contribution is 5.73. The monoisotopic (exact) mass is 446 g/mol. The molecule has 2 aromatic rings. The van der Waals surface area contributed by atoms with E-state index < -0.39 is 0 Å². The van der Waals surface area contributed by atoms with Gasteiger partial charge in [0.1, 0.15) is 19.0 Å². The number of benzene rings is 2. The summed E-state index contributed by atoms with van der Waals surface area (Å²) in [6.45, 7) is 1.09. The Hall–Kier alpha value is -3.36. The van der Waals surface area contributed by atoms with E-state index >= 15 is 0 Å². The molecule has 2 aromatic carbocycles. The van der Waals surface area contributed by atoms with Gasteiger partial charge in [-0.3, -0.25) is 0 Å². The summed E-state index contributed by atoms with van der Waals surface area (Å²) in [4.78, 5) is 8.25. The van der Waals surface area contributed by atoms with Crippen molar-refractivity contribution in [3.63, 3.8) is 0 Å². The Morgan fingerprint density at radius 2 is 1.41 bits per heavy atom. The van der Waals surface area contributed by atoms with Gasteiger partial charge in [0, 0.05) is 0 Å². The number of rotatable bonds is 7. The Labute approximate surface area is 186 Å². The molecule has 9 heteroatoms. The molecule has 0 saturated carbocycles. The normalized spacial score (nSPS) is 19.2. The van der Waals surface area contributed by atoms with E-state index in [9.17, 15) is 8.78 Å². The molecule has 0 saturated heterocycles. The van der Waals surface area contributed by atoms with Crippen LogP contribution in [0, 0.1) is 11.6 Å². The smallest absolute Gasteiger partial charge is 0.282 e. The first-order valence-corrected chi connectivity index (χ1v) is 10.4. The van der Waals surface area contributed by atoms with Gasteiger partial charge in [-0.1, -0.05) is 18.2 Å². The zero-order valence-corrected chi connectivity index (χ0v) is 18.0. The second kappa shape index (κ2) is 11.3. The highest BCUT2D eigenvalue weighted by Crippen LogP contribution is 2.20. The minimum Gasteiger partial charge on any atom is -0.494 e. The summed E-state index contributed by atoms with van der Waals surface area (Å²) >= 11 is 0. The Kier molecular flexibility index (Phi) is 8.24. The van der Waals surface area contributed by atoms with Crippen LogP contribution in [-0.4, -0.2) is 44.5 Å². The van der Waals surface area contributed by atoms with Gasteiger partial charge in [-0.25, -0.2) is 18.8 Å². The van der Waals surface area contributed by atoms with E-state index in [0.717, 1.165) is 36.8 Å². The molecule has 4 N–H and O–H groups in total. The van der Waals surface area contributed by atoms with Crippen LogP contribution >= 0.6 is 0 Å². The van der Waals surface area contributed by atoms with Crippen molar-refractivity contribution in [1.29, 1.82) is 0 Å². The third kappa shape index (κ3) is 7.11. The number of ether oxygens (including phenoxy) is 3. The van der Waals surface area contributed by atoms with E-state index in [2.05, 4.69) is 9.98 Å². The summed E-state index contributed by atoms with van der Waals surface area (Å²) in [5.41, 5.74) is 12.9. The maximum atomic E-state index is 13.2. The molecule has 0 aliphatic carbocycles. The number of halogens is 2.